The van der Waals surface area contributed by atoms with Crippen molar-refractivity contribution < 1.29 is 9.18 Å². The Hall–Kier alpha value is -3.03. The molecule has 2 aromatic heterocycles. The summed E-state index contributed by atoms with van der Waals surface area (Å²) in [5, 5.41) is 10.8. The smallest absolute Gasteiger partial charge is 0.278 e. The van der Waals surface area contributed by atoms with Crippen molar-refractivity contribution in [3.05, 3.63) is 59.4 Å². The van der Waals surface area contributed by atoms with Crippen LogP contribution in [-0.2, 0) is 13.6 Å². The predicted octanol–water partition coefficient (Wildman–Crippen LogP) is 1.76. The van der Waals surface area contributed by atoms with Crippen LogP contribution in [0.1, 0.15) is 21.7 Å². The number of amides is 1. The van der Waals surface area contributed by atoms with Gasteiger partial charge in [0.05, 0.1) is 6.54 Å². The van der Waals surface area contributed by atoms with Gasteiger partial charge >= 0.3 is 0 Å². The summed E-state index contributed by atoms with van der Waals surface area (Å²) in [4.78, 5) is 16.1. The minimum absolute atomic E-state index is 0.148. The van der Waals surface area contributed by atoms with Crippen molar-refractivity contribution in [2.45, 2.75) is 13.5 Å². The molecule has 0 fully saturated rings. The summed E-state index contributed by atoms with van der Waals surface area (Å²) in [5.74, 6) is -0.551. The Morgan fingerprint density at radius 1 is 1.30 bits per heavy atom. The van der Waals surface area contributed by atoms with Gasteiger partial charge in [0.2, 0.25) is 5.95 Å². The minimum Gasteiger partial charge on any atom is -0.288 e. The molecular formula is C15H15FN6O. The van der Waals surface area contributed by atoms with Crippen LogP contribution in [0.4, 0.5) is 10.3 Å². The van der Waals surface area contributed by atoms with E-state index >= 15 is 0 Å². The predicted molar refractivity (Wildman–Crippen MR) is 81.4 cm³/mol. The monoisotopic (exact) mass is 314 g/mol. The molecule has 0 spiro atoms. The van der Waals surface area contributed by atoms with Gasteiger partial charge in [0, 0.05) is 18.3 Å². The third-order valence-corrected chi connectivity index (χ3v) is 3.40. The van der Waals surface area contributed by atoms with Crippen LogP contribution in [-0.4, -0.2) is 30.5 Å². The van der Waals surface area contributed by atoms with Crippen LogP contribution in [0, 0.1) is 12.7 Å². The molecule has 118 valence electrons. The Morgan fingerprint density at radius 3 is 2.78 bits per heavy atom. The zero-order chi connectivity index (χ0) is 16.4. The average Bonchev–Trinajstić information content (AvgIpc) is 3.09. The summed E-state index contributed by atoms with van der Waals surface area (Å²) in [6.07, 6.45) is 1.44. The molecule has 8 heteroatoms. The van der Waals surface area contributed by atoms with Crippen molar-refractivity contribution in [3.63, 3.8) is 0 Å². The molecule has 0 unspecified atom stereocenters. The highest BCUT2D eigenvalue weighted by molar-refractivity contribution is 6.01. The number of hydrogen-bond donors (Lipinski definition) is 1. The molecular weight excluding hydrogens is 299 g/mol. The number of halogens is 1. The Balaban J connectivity index is 1.70. The van der Waals surface area contributed by atoms with E-state index in [4.69, 9.17) is 0 Å². The van der Waals surface area contributed by atoms with Crippen LogP contribution in [0.2, 0.25) is 0 Å². The number of nitrogens with one attached hydrogen (secondary N) is 1. The van der Waals surface area contributed by atoms with Crippen molar-refractivity contribution in [2.75, 3.05) is 5.32 Å². The lowest BCUT2D eigenvalue weighted by Crippen LogP contribution is -2.14. The van der Waals surface area contributed by atoms with Crippen molar-refractivity contribution in [1.29, 1.82) is 0 Å². The van der Waals surface area contributed by atoms with Crippen molar-refractivity contribution >= 4 is 11.9 Å². The van der Waals surface area contributed by atoms with Crippen LogP contribution in [0.15, 0.2) is 36.7 Å². The van der Waals surface area contributed by atoms with Gasteiger partial charge in [0.25, 0.3) is 5.91 Å². The second-order valence-corrected chi connectivity index (χ2v) is 5.11. The lowest BCUT2D eigenvalue weighted by Gasteiger charge is -2.02. The average molecular weight is 314 g/mol. The lowest BCUT2D eigenvalue weighted by molar-refractivity contribution is 0.102. The van der Waals surface area contributed by atoms with Gasteiger partial charge in [0.1, 0.15) is 12.1 Å². The zero-order valence-corrected chi connectivity index (χ0v) is 12.7. The highest BCUT2D eigenvalue weighted by atomic mass is 19.1. The van der Waals surface area contributed by atoms with Gasteiger partial charge < -0.3 is 0 Å². The maximum absolute atomic E-state index is 13.6. The molecule has 1 aromatic carbocycles. The molecule has 0 bridgehead atoms. The molecule has 1 amide bonds. The number of carbonyl (C=O) groups is 1. The van der Waals surface area contributed by atoms with E-state index < -0.39 is 5.91 Å². The number of aromatic nitrogens is 5. The fraction of sp³-hybridized carbons (Fsp3) is 0.200. The maximum Gasteiger partial charge on any atom is 0.278 e. The molecule has 0 aliphatic carbocycles. The summed E-state index contributed by atoms with van der Waals surface area (Å²) in [6, 6.07) is 8.11. The molecule has 0 radical (unpaired) electrons. The second-order valence-electron chi connectivity index (χ2n) is 5.11. The van der Waals surface area contributed by atoms with E-state index in [9.17, 15) is 9.18 Å². The van der Waals surface area contributed by atoms with Crippen LogP contribution < -0.4 is 5.32 Å². The molecule has 0 atom stereocenters. The van der Waals surface area contributed by atoms with Crippen LogP contribution in [0.5, 0.6) is 0 Å². The van der Waals surface area contributed by atoms with E-state index in [0.29, 0.717) is 5.56 Å². The number of aryl methyl sites for hydroxylation is 2. The Morgan fingerprint density at radius 2 is 2.09 bits per heavy atom. The largest absolute Gasteiger partial charge is 0.288 e. The molecule has 3 rings (SSSR count). The first-order valence-corrected chi connectivity index (χ1v) is 6.98. The van der Waals surface area contributed by atoms with Crippen LogP contribution in [0.3, 0.4) is 0 Å². The number of hydrogen-bond acceptors (Lipinski definition) is 4. The van der Waals surface area contributed by atoms with Crippen molar-refractivity contribution in [2.24, 2.45) is 7.05 Å². The molecule has 7 nitrogen and oxygen atoms in total. The van der Waals surface area contributed by atoms with Crippen LogP contribution >= 0.6 is 0 Å². The SMILES string of the molecule is Cc1cc(C(=O)Nc2ncn(Cc3ccccc3F)n2)nn1C. The number of rotatable bonds is 4. The topological polar surface area (TPSA) is 77.6 Å². The quantitative estimate of drug-likeness (QED) is 0.796. The summed E-state index contributed by atoms with van der Waals surface area (Å²) in [6.45, 7) is 2.09. The Bertz CT molecular complexity index is 834. The summed E-state index contributed by atoms with van der Waals surface area (Å²) < 4.78 is 16.7. The van der Waals surface area contributed by atoms with E-state index in [1.54, 1.807) is 36.0 Å². The van der Waals surface area contributed by atoms with Gasteiger partial charge in [-0.15, -0.1) is 5.10 Å². The third kappa shape index (κ3) is 3.25. The zero-order valence-electron chi connectivity index (χ0n) is 12.7. The van der Waals surface area contributed by atoms with E-state index in [-0.39, 0.29) is 24.0 Å². The van der Waals surface area contributed by atoms with E-state index in [0.717, 1.165) is 5.69 Å². The summed E-state index contributed by atoms with van der Waals surface area (Å²) >= 11 is 0. The highest BCUT2D eigenvalue weighted by Gasteiger charge is 2.13. The van der Waals surface area contributed by atoms with Gasteiger partial charge in [-0.1, -0.05) is 18.2 Å². The summed E-state index contributed by atoms with van der Waals surface area (Å²) in [7, 11) is 1.76. The van der Waals surface area contributed by atoms with Crippen LogP contribution in [0.25, 0.3) is 0 Å². The maximum atomic E-state index is 13.6. The molecule has 0 saturated heterocycles. The Kier molecular flexibility index (Phi) is 3.88. The fourth-order valence-corrected chi connectivity index (χ4v) is 2.07. The standard InChI is InChI=1S/C15H15FN6O/c1-10-7-13(19-21(10)2)14(23)18-15-17-9-22(20-15)8-11-5-3-4-6-12(11)16/h3-7,9H,8H2,1-2H3,(H,18,20,23). The molecule has 2 heterocycles. The first kappa shape index (κ1) is 14.9. The fourth-order valence-electron chi connectivity index (χ4n) is 2.07. The van der Waals surface area contributed by atoms with E-state index in [2.05, 4.69) is 20.5 Å². The number of carbonyl (C=O) groups excluding carboxylic acids is 1. The molecule has 0 aliphatic rings. The second kappa shape index (κ2) is 5.99. The van der Waals surface area contributed by atoms with Gasteiger partial charge in [-0.05, 0) is 19.1 Å². The molecule has 23 heavy (non-hydrogen) atoms. The lowest BCUT2D eigenvalue weighted by atomic mass is 10.2. The van der Waals surface area contributed by atoms with E-state index in [1.807, 2.05) is 6.92 Å². The van der Waals surface area contributed by atoms with Crippen molar-refractivity contribution in [1.82, 2.24) is 24.5 Å². The van der Waals surface area contributed by atoms with Gasteiger partial charge in [0.15, 0.2) is 5.69 Å². The van der Waals surface area contributed by atoms with Crippen molar-refractivity contribution in [3.8, 4) is 0 Å². The highest BCUT2D eigenvalue weighted by Crippen LogP contribution is 2.09. The first-order valence-electron chi connectivity index (χ1n) is 6.98. The van der Waals surface area contributed by atoms with Gasteiger partial charge in [-0.3, -0.25) is 14.8 Å². The van der Waals surface area contributed by atoms with Gasteiger partial charge in [-0.25, -0.2) is 14.1 Å². The number of benzene rings is 1. The molecule has 0 aliphatic heterocycles. The number of anilines is 1. The normalized spacial score (nSPS) is 10.7. The minimum atomic E-state index is -0.391. The molecule has 0 saturated carbocycles. The molecule has 1 N–H and O–H groups in total. The third-order valence-electron chi connectivity index (χ3n) is 3.40. The van der Waals surface area contributed by atoms with E-state index in [1.165, 1.54) is 17.1 Å². The number of nitrogens with zero attached hydrogens (tertiary/aromatic N) is 5. The first-order chi connectivity index (χ1) is 11.0. The Labute approximate surface area is 131 Å². The summed E-state index contributed by atoms with van der Waals surface area (Å²) in [5.41, 5.74) is 1.65. The van der Waals surface area contributed by atoms with Gasteiger partial charge in [-0.2, -0.15) is 5.10 Å². The molecule has 3 aromatic rings.